The predicted octanol–water partition coefficient (Wildman–Crippen LogP) is 2.90. The van der Waals surface area contributed by atoms with Crippen LogP contribution in [-0.2, 0) is 6.42 Å². The van der Waals surface area contributed by atoms with E-state index >= 15 is 0 Å². The number of carbonyl (C=O) groups excluding carboxylic acids is 1. The third kappa shape index (κ3) is 1.93. The molecule has 0 saturated carbocycles. The van der Waals surface area contributed by atoms with Gasteiger partial charge in [0.15, 0.2) is 5.78 Å². The molecule has 0 saturated heterocycles. The van der Waals surface area contributed by atoms with Gasteiger partial charge in [-0.1, -0.05) is 6.07 Å². The molecule has 0 atom stereocenters. The molecular formula is C14H12N2O3. The number of ketones is 1. The van der Waals surface area contributed by atoms with Crippen molar-refractivity contribution in [2.75, 3.05) is 0 Å². The summed E-state index contributed by atoms with van der Waals surface area (Å²) in [6.07, 6.45) is 4.07. The van der Waals surface area contributed by atoms with Crippen molar-refractivity contribution >= 4 is 11.5 Å². The minimum atomic E-state index is -0.412. The van der Waals surface area contributed by atoms with E-state index in [2.05, 4.69) is 0 Å². The molecule has 1 aromatic heterocycles. The zero-order valence-corrected chi connectivity index (χ0v) is 10.2. The Labute approximate surface area is 109 Å². The topological polar surface area (TPSA) is 65.1 Å². The molecule has 5 nitrogen and oxygen atoms in total. The first-order valence-corrected chi connectivity index (χ1v) is 6.15. The van der Waals surface area contributed by atoms with E-state index in [9.17, 15) is 14.9 Å². The van der Waals surface area contributed by atoms with E-state index in [4.69, 9.17) is 0 Å². The summed E-state index contributed by atoms with van der Waals surface area (Å²) in [6.45, 7) is 0. The molecule has 1 heterocycles. The molecule has 0 unspecified atom stereocenters. The van der Waals surface area contributed by atoms with Crippen LogP contribution in [0.5, 0.6) is 0 Å². The van der Waals surface area contributed by atoms with Gasteiger partial charge in [-0.15, -0.1) is 0 Å². The summed E-state index contributed by atoms with van der Waals surface area (Å²) in [5.74, 6) is 0.158. The molecular weight excluding hydrogens is 244 g/mol. The number of nitrogens with zero attached hydrogens (tertiary/aromatic N) is 2. The summed E-state index contributed by atoms with van der Waals surface area (Å²) < 4.78 is 1.87. The number of fused-ring (bicyclic) bond motifs is 1. The van der Waals surface area contributed by atoms with Crippen molar-refractivity contribution in [1.82, 2.24) is 4.57 Å². The highest BCUT2D eigenvalue weighted by molar-refractivity contribution is 5.98. The van der Waals surface area contributed by atoms with E-state index in [1.165, 1.54) is 12.1 Å². The highest BCUT2D eigenvalue weighted by Crippen LogP contribution is 2.26. The van der Waals surface area contributed by atoms with Crippen LogP contribution >= 0.6 is 0 Å². The summed E-state index contributed by atoms with van der Waals surface area (Å²) >= 11 is 0. The Morgan fingerprint density at radius 2 is 2.05 bits per heavy atom. The summed E-state index contributed by atoms with van der Waals surface area (Å²) in [5, 5.41) is 10.8. The van der Waals surface area contributed by atoms with Gasteiger partial charge in [-0.3, -0.25) is 14.9 Å². The van der Waals surface area contributed by atoms with Crippen LogP contribution < -0.4 is 0 Å². The minimum absolute atomic E-state index is 0.0575. The number of nitro groups is 1. The molecule has 0 bridgehead atoms. The minimum Gasteiger partial charge on any atom is -0.320 e. The van der Waals surface area contributed by atoms with E-state index in [0.717, 1.165) is 29.8 Å². The first-order valence-electron chi connectivity index (χ1n) is 6.15. The molecule has 1 aliphatic rings. The molecule has 2 aromatic rings. The SMILES string of the molecule is O=C1CCCc2c1ccn2-c1cccc([N+](=O)[O-])c1. The molecule has 0 fully saturated rings. The largest absolute Gasteiger partial charge is 0.320 e. The van der Waals surface area contributed by atoms with Crippen LogP contribution in [0.25, 0.3) is 5.69 Å². The summed E-state index contributed by atoms with van der Waals surface area (Å²) in [5.41, 5.74) is 2.49. The first kappa shape index (κ1) is 11.6. The average molecular weight is 256 g/mol. The molecule has 0 N–H and O–H groups in total. The Morgan fingerprint density at radius 3 is 2.84 bits per heavy atom. The molecule has 1 aliphatic carbocycles. The van der Waals surface area contributed by atoms with Gasteiger partial charge in [0, 0.05) is 36.0 Å². The maximum Gasteiger partial charge on any atom is 0.271 e. The standard InChI is InChI=1S/C14H12N2O3/c17-14-6-2-5-13-12(14)7-8-15(13)10-3-1-4-11(9-10)16(18)19/h1,3-4,7-9H,2,5-6H2. The van der Waals surface area contributed by atoms with Crippen molar-refractivity contribution in [2.24, 2.45) is 0 Å². The van der Waals surface area contributed by atoms with E-state index < -0.39 is 4.92 Å². The molecule has 5 heteroatoms. The molecule has 19 heavy (non-hydrogen) atoms. The van der Waals surface area contributed by atoms with Gasteiger partial charge in [0.2, 0.25) is 0 Å². The van der Waals surface area contributed by atoms with E-state index in [-0.39, 0.29) is 11.5 Å². The summed E-state index contributed by atoms with van der Waals surface area (Å²) in [4.78, 5) is 22.2. The first-order chi connectivity index (χ1) is 9.16. The number of hydrogen-bond acceptors (Lipinski definition) is 3. The van der Waals surface area contributed by atoms with Crippen LogP contribution in [0.15, 0.2) is 36.5 Å². The van der Waals surface area contributed by atoms with Crippen LogP contribution in [0.2, 0.25) is 0 Å². The van der Waals surface area contributed by atoms with Crippen LogP contribution in [0.4, 0.5) is 5.69 Å². The second-order valence-corrected chi connectivity index (χ2v) is 4.60. The fourth-order valence-electron chi connectivity index (χ4n) is 2.52. The fraction of sp³-hybridized carbons (Fsp3) is 0.214. The van der Waals surface area contributed by atoms with E-state index in [1.807, 2.05) is 16.8 Å². The maximum atomic E-state index is 11.8. The van der Waals surface area contributed by atoms with Gasteiger partial charge in [-0.2, -0.15) is 0 Å². The van der Waals surface area contributed by atoms with Gasteiger partial charge in [0.05, 0.1) is 10.6 Å². The molecule has 3 rings (SSSR count). The number of carbonyl (C=O) groups is 1. The Morgan fingerprint density at radius 1 is 1.21 bits per heavy atom. The van der Waals surface area contributed by atoms with E-state index in [0.29, 0.717) is 6.42 Å². The smallest absolute Gasteiger partial charge is 0.271 e. The second-order valence-electron chi connectivity index (χ2n) is 4.60. The Kier molecular flexibility index (Phi) is 2.67. The van der Waals surface area contributed by atoms with Gasteiger partial charge in [0.1, 0.15) is 0 Å². The Hall–Kier alpha value is -2.43. The van der Waals surface area contributed by atoms with Crippen LogP contribution in [-0.4, -0.2) is 15.3 Å². The van der Waals surface area contributed by atoms with Crippen molar-refractivity contribution in [3.8, 4) is 5.69 Å². The second kappa shape index (κ2) is 4.35. The van der Waals surface area contributed by atoms with Crippen molar-refractivity contribution in [1.29, 1.82) is 0 Å². The highest BCUT2D eigenvalue weighted by atomic mass is 16.6. The quantitative estimate of drug-likeness (QED) is 0.613. The zero-order chi connectivity index (χ0) is 13.4. The van der Waals surface area contributed by atoms with Crippen molar-refractivity contribution in [3.63, 3.8) is 0 Å². The van der Waals surface area contributed by atoms with Crippen molar-refractivity contribution in [2.45, 2.75) is 19.3 Å². The monoisotopic (exact) mass is 256 g/mol. The lowest BCUT2D eigenvalue weighted by Gasteiger charge is -2.14. The van der Waals surface area contributed by atoms with Gasteiger partial charge < -0.3 is 4.57 Å². The van der Waals surface area contributed by atoms with Gasteiger partial charge in [0.25, 0.3) is 5.69 Å². The number of non-ortho nitro benzene ring substituents is 1. The Balaban J connectivity index is 2.10. The van der Waals surface area contributed by atoms with Crippen LogP contribution in [0.1, 0.15) is 28.9 Å². The lowest BCUT2D eigenvalue weighted by molar-refractivity contribution is -0.384. The lowest BCUT2D eigenvalue weighted by Crippen LogP contribution is -2.12. The molecule has 0 amide bonds. The van der Waals surface area contributed by atoms with Gasteiger partial charge >= 0.3 is 0 Å². The predicted molar refractivity (Wildman–Crippen MR) is 69.7 cm³/mol. The summed E-state index contributed by atoms with van der Waals surface area (Å²) in [6, 6.07) is 8.26. The Bertz CT molecular complexity index is 673. The number of nitro benzene ring substituents is 1. The maximum absolute atomic E-state index is 11.8. The fourth-order valence-corrected chi connectivity index (χ4v) is 2.52. The van der Waals surface area contributed by atoms with Crippen molar-refractivity contribution < 1.29 is 9.72 Å². The number of rotatable bonds is 2. The number of aromatic nitrogens is 1. The normalized spacial score (nSPS) is 14.2. The molecule has 96 valence electrons. The highest BCUT2D eigenvalue weighted by Gasteiger charge is 2.21. The van der Waals surface area contributed by atoms with Crippen LogP contribution in [0.3, 0.4) is 0 Å². The molecule has 1 aromatic carbocycles. The van der Waals surface area contributed by atoms with Gasteiger partial charge in [-0.05, 0) is 25.0 Å². The van der Waals surface area contributed by atoms with Crippen molar-refractivity contribution in [3.05, 3.63) is 57.9 Å². The molecule has 0 radical (unpaired) electrons. The molecule has 0 aliphatic heterocycles. The average Bonchev–Trinajstić information content (AvgIpc) is 2.84. The van der Waals surface area contributed by atoms with E-state index in [1.54, 1.807) is 12.1 Å². The van der Waals surface area contributed by atoms with Crippen LogP contribution in [0, 0.1) is 10.1 Å². The zero-order valence-electron chi connectivity index (χ0n) is 10.2. The molecule has 0 spiro atoms. The third-order valence-corrected chi connectivity index (χ3v) is 3.43. The third-order valence-electron chi connectivity index (χ3n) is 3.43. The number of Topliss-reactive ketones (excluding diaryl/α,β-unsaturated/α-hetero) is 1. The summed E-state index contributed by atoms with van der Waals surface area (Å²) in [7, 11) is 0. The number of hydrogen-bond donors (Lipinski definition) is 0. The number of benzene rings is 1. The van der Waals surface area contributed by atoms with Gasteiger partial charge in [-0.25, -0.2) is 0 Å². The lowest BCUT2D eigenvalue weighted by atomic mass is 9.97.